The maximum Gasteiger partial charge on any atom is 0.246 e. The lowest BCUT2D eigenvalue weighted by molar-refractivity contribution is -0.137. The van der Waals surface area contributed by atoms with Crippen LogP contribution >= 0.6 is 0 Å². The number of hydrogen-bond acceptors (Lipinski definition) is 5. The molecule has 6 heteroatoms. The van der Waals surface area contributed by atoms with Gasteiger partial charge in [-0.05, 0) is 50.4 Å². The highest BCUT2D eigenvalue weighted by atomic mass is 16.5. The van der Waals surface area contributed by atoms with E-state index in [1.807, 2.05) is 18.2 Å². The second-order valence-corrected chi connectivity index (χ2v) is 7.38. The molecule has 0 fully saturated rings. The first kappa shape index (κ1) is 20.4. The van der Waals surface area contributed by atoms with E-state index in [0.29, 0.717) is 18.0 Å². The van der Waals surface area contributed by atoms with Crippen molar-refractivity contribution >= 4 is 11.6 Å². The average molecular weight is 386 g/mol. The minimum Gasteiger partial charge on any atom is -0.493 e. The minimum atomic E-state index is -0.0327. The molecule has 6 nitrogen and oxygen atoms in total. The Labute approximate surface area is 167 Å². The summed E-state index contributed by atoms with van der Waals surface area (Å²) in [7, 11) is 3.26. The summed E-state index contributed by atoms with van der Waals surface area (Å²) in [6.45, 7) is 1.38. The van der Waals surface area contributed by atoms with Gasteiger partial charge < -0.3 is 15.2 Å². The van der Waals surface area contributed by atoms with Crippen LogP contribution in [0.25, 0.3) is 0 Å². The van der Waals surface area contributed by atoms with E-state index in [1.165, 1.54) is 0 Å². The van der Waals surface area contributed by atoms with E-state index >= 15 is 0 Å². The molecule has 0 saturated heterocycles. The smallest absolute Gasteiger partial charge is 0.246 e. The number of nitrogens with zero attached hydrogens (tertiary/aromatic N) is 2. The van der Waals surface area contributed by atoms with Crippen molar-refractivity contribution in [3.63, 3.8) is 0 Å². The van der Waals surface area contributed by atoms with E-state index in [0.717, 1.165) is 56.3 Å². The first-order valence-corrected chi connectivity index (χ1v) is 10.2. The van der Waals surface area contributed by atoms with E-state index in [-0.39, 0.29) is 17.7 Å². The topological polar surface area (TPSA) is 77.1 Å². The predicted molar refractivity (Wildman–Crippen MR) is 111 cm³/mol. The van der Waals surface area contributed by atoms with Gasteiger partial charge in [0.15, 0.2) is 11.5 Å². The fourth-order valence-electron chi connectivity index (χ4n) is 4.02. The molecule has 1 aromatic carbocycles. The second kappa shape index (κ2) is 9.73. The third-order valence-corrected chi connectivity index (χ3v) is 5.59. The number of ether oxygens (including phenoxy) is 2. The molecule has 2 N–H and O–H groups in total. The quantitative estimate of drug-likeness (QED) is 0.522. The van der Waals surface area contributed by atoms with E-state index < -0.39 is 0 Å². The molecule has 0 radical (unpaired) electrons. The van der Waals surface area contributed by atoms with Gasteiger partial charge in [0.05, 0.1) is 25.8 Å². The fourth-order valence-corrected chi connectivity index (χ4v) is 4.02. The Morgan fingerprint density at radius 3 is 2.46 bits per heavy atom. The zero-order chi connectivity index (χ0) is 19.9. The summed E-state index contributed by atoms with van der Waals surface area (Å²) < 4.78 is 10.8. The average Bonchev–Trinajstić information content (AvgIpc) is 2.74. The summed E-state index contributed by atoms with van der Waals surface area (Å²) >= 11 is 0. The molecule has 0 bridgehead atoms. The molecule has 1 aliphatic heterocycles. The van der Waals surface area contributed by atoms with Crippen LogP contribution in [0.1, 0.15) is 44.1 Å². The van der Waals surface area contributed by atoms with Gasteiger partial charge in [0.2, 0.25) is 5.91 Å². The maximum absolute atomic E-state index is 13.0. The zero-order valence-electron chi connectivity index (χ0n) is 16.9. The van der Waals surface area contributed by atoms with Crippen LogP contribution in [0.2, 0.25) is 0 Å². The number of allylic oxidation sites excluding steroid dienone is 2. The van der Waals surface area contributed by atoms with Crippen molar-refractivity contribution in [3.05, 3.63) is 35.9 Å². The normalized spacial score (nSPS) is 21.3. The molecule has 0 unspecified atom stereocenters. The van der Waals surface area contributed by atoms with Crippen molar-refractivity contribution in [1.82, 2.24) is 5.01 Å². The Morgan fingerprint density at radius 2 is 1.75 bits per heavy atom. The van der Waals surface area contributed by atoms with Crippen molar-refractivity contribution in [2.24, 2.45) is 22.7 Å². The molecule has 2 aliphatic rings. The molecule has 0 aromatic heterocycles. The number of fused-ring (bicyclic) bond motifs is 1. The molecular formula is C22H31N3O3. The first-order valence-electron chi connectivity index (χ1n) is 10.2. The van der Waals surface area contributed by atoms with Crippen molar-refractivity contribution in [2.45, 2.75) is 38.5 Å². The molecule has 0 spiro atoms. The Hall–Kier alpha value is -2.34. The van der Waals surface area contributed by atoms with Crippen LogP contribution in [0.5, 0.6) is 11.5 Å². The number of carbonyl (C=O) groups is 1. The van der Waals surface area contributed by atoms with Gasteiger partial charge in [-0.2, -0.15) is 5.10 Å². The molecule has 2 atom stereocenters. The Bertz CT molecular complexity index is 745. The monoisotopic (exact) mass is 385 g/mol. The number of carbonyl (C=O) groups excluding carboxylic acids is 1. The van der Waals surface area contributed by atoms with E-state index in [2.05, 4.69) is 12.2 Å². The minimum absolute atomic E-state index is 0.0327. The van der Waals surface area contributed by atoms with E-state index in [9.17, 15) is 4.79 Å². The molecular weight excluding hydrogens is 354 g/mol. The van der Waals surface area contributed by atoms with Crippen LogP contribution < -0.4 is 15.2 Å². The number of rotatable bonds is 9. The van der Waals surface area contributed by atoms with Crippen LogP contribution in [0.4, 0.5) is 0 Å². The number of hydrogen-bond donors (Lipinski definition) is 1. The summed E-state index contributed by atoms with van der Waals surface area (Å²) in [6, 6.07) is 5.87. The molecule has 1 aromatic rings. The zero-order valence-corrected chi connectivity index (χ0v) is 16.9. The number of unbranched alkanes of at least 4 members (excludes halogenated alkanes) is 3. The highest BCUT2D eigenvalue weighted by Gasteiger charge is 2.39. The van der Waals surface area contributed by atoms with Crippen LogP contribution in [0.15, 0.2) is 35.5 Å². The summed E-state index contributed by atoms with van der Waals surface area (Å²) in [5, 5.41) is 6.50. The van der Waals surface area contributed by atoms with Crippen molar-refractivity contribution in [3.8, 4) is 11.5 Å². The third kappa shape index (κ3) is 4.38. The number of benzene rings is 1. The lowest BCUT2D eigenvalue weighted by Crippen LogP contribution is -2.45. The van der Waals surface area contributed by atoms with Gasteiger partial charge in [0, 0.05) is 18.0 Å². The summed E-state index contributed by atoms with van der Waals surface area (Å²) in [4.78, 5) is 13.0. The largest absolute Gasteiger partial charge is 0.493 e. The Balaban J connectivity index is 1.86. The summed E-state index contributed by atoms with van der Waals surface area (Å²) in [6.07, 6.45) is 10.0. The molecule has 1 aliphatic carbocycles. The van der Waals surface area contributed by atoms with Gasteiger partial charge in [-0.25, -0.2) is 5.01 Å². The van der Waals surface area contributed by atoms with Crippen LogP contribution in [-0.2, 0) is 4.79 Å². The lowest BCUT2D eigenvalue weighted by atomic mass is 9.76. The van der Waals surface area contributed by atoms with E-state index in [4.69, 9.17) is 20.3 Å². The number of nitrogens with two attached hydrogens (primary N) is 1. The summed E-state index contributed by atoms with van der Waals surface area (Å²) in [5.41, 5.74) is 7.52. The number of amides is 1. The predicted octanol–water partition coefficient (Wildman–Crippen LogP) is 3.35. The Morgan fingerprint density at radius 1 is 1.04 bits per heavy atom. The van der Waals surface area contributed by atoms with Crippen molar-refractivity contribution in [2.75, 3.05) is 27.3 Å². The maximum atomic E-state index is 13.0. The molecule has 3 rings (SSSR count). The van der Waals surface area contributed by atoms with Crippen LogP contribution in [0, 0.1) is 11.8 Å². The van der Waals surface area contributed by atoms with Crippen molar-refractivity contribution in [1.29, 1.82) is 0 Å². The fraction of sp³-hybridized carbons (Fsp3) is 0.545. The van der Waals surface area contributed by atoms with Gasteiger partial charge >= 0.3 is 0 Å². The molecule has 1 heterocycles. The molecule has 152 valence electrons. The van der Waals surface area contributed by atoms with Gasteiger partial charge in [0.1, 0.15) is 0 Å². The second-order valence-electron chi connectivity index (χ2n) is 7.38. The first-order chi connectivity index (χ1) is 13.7. The standard InChI is InChI=1S/C22H31N3O3/c1-27-19-12-11-16(15-20(19)28-2)21-17-9-5-6-10-18(17)22(26)25(24-21)14-8-4-3-7-13-23/h5-6,11-12,15,17-18H,3-4,7-10,13-14,23H2,1-2H3/t17-,18+/m0/s1. The Kier molecular flexibility index (Phi) is 7.09. The van der Waals surface area contributed by atoms with Crippen LogP contribution in [-0.4, -0.2) is 43.9 Å². The van der Waals surface area contributed by atoms with Gasteiger partial charge in [0.25, 0.3) is 0 Å². The highest BCUT2D eigenvalue weighted by molar-refractivity contribution is 6.07. The lowest BCUT2D eigenvalue weighted by Gasteiger charge is -2.37. The SMILES string of the molecule is COc1ccc(C2=NN(CCCCCCN)C(=O)[C@@H]3CC=CC[C@H]23)cc1OC. The van der Waals surface area contributed by atoms with Crippen molar-refractivity contribution < 1.29 is 14.3 Å². The van der Waals surface area contributed by atoms with E-state index in [1.54, 1.807) is 19.2 Å². The molecule has 1 amide bonds. The summed E-state index contributed by atoms with van der Waals surface area (Å²) in [5.74, 6) is 1.60. The highest BCUT2D eigenvalue weighted by Crippen LogP contribution is 2.37. The molecule has 28 heavy (non-hydrogen) atoms. The van der Waals surface area contributed by atoms with Gasteiger partial charge in [-0.15, -0.1) is 0 Å². The number of hydrazone groups is 1. The third-order valence-electron chi connectivity index (χ3n) is 5.59. The van der Waals surface area contributed by atoms with Gasteiger partial charge in [-0.1, -0.05) is 25.0 Å². The molecule has 0 saturated carbocycles. The van der Waals surface area contributed by atoms with Gasteiger partial charge in [-0.3, -0.25) is 4.79 Å². The van der Waals surface area contributed by atoms with Crippen LogP contribution in [0.3, 0.4) is 0 Å². The number of methoxy groups -OCH3 is 2.